The van der Waals surface area contributed by atoms with Crippen molar-refractivity contribution in [2.75, 3.05) is 11.9 Å². The summed E-state index contributed by atoms with van der Waals surface area (Å²) in [5, 5.41) is 3.56. The standard InChI is InChI=1S/C16H25N3/c1-10(2)16-18-11(3)6-15(19-16)17-9-14-8-12-4-5-13(14)7-12/h6,10,12-14H,4-5,7-9H2,1-3H3,(H,17,18,19). The van der Waals surface area contributed by atoms with Crippen LogP contribution in [-0.4, -0.2) is 16.5 Å². The summed E-state index contributed by atoms with van der Waals surface area (Å²) in [6.45, 7) is 7.44. The minimum Gasteiger partial charge on any atom is -0.370 e. The highest BCUT2D eigenvalue weighted by molar-refractivity contribution is 5.36. The van der Waals surface area contributed by atoms with Gasteiger partial charge in [0.15, 0.2) is 0 Å². The van der Waals surface area contributed by atoms with Crippen LogP contribution < -0.4 is 5.32 Å². The molecule has 3 unspecified atom stereocenters. The van der Waals surface area contributed by atoms with Gasteiger partial charge in [0.25, 0.3) is 0 Å². The van der Waals surface area contributed by atoms with Crippen LogP contribution in [0, 0.1) is 24.7 Å². The monoisotopic (exact) mass is 259 g/mol. The third-order valence-electron chi connectivity index (χ3n) is 4.82. The second-order valence-electron chi connectivity index (χ2n) is 6.72. The molecule has 0 radical (unpaired) electrons. The summed E-state index contributed by atoms with van der Waals surface area (Å²) in [6, 6.07) is 2.07. The van der Waals surface area contributed by atoms with Gasteiger partial charge in [0.1, 0.15) is 11.6 Å². The summed E-state index contributed by atoms with van der Waals surface area (Å²) >= 11 is 0. The minimum atomic E-state index is 0.392. The smallest absolute Gasteiger partial charge is 0.133 e. The first-order valence-corrected chi connectivity index (χ1v) is 7.71. The van der Waals surface area contributed by atoms with Crippen molar-refractivity contribution in [1.82, 2.24) is 9.97 Å². The third-order valence-corrected chi connectivity index (χ3v) is 4.82. The Morgan fingerprint density at radius 3 is 2.74 bits per heavy atom. The van der Waals surface area contributed by atoms with Gasteiger partial charge in [0.2, 0.25) is 0 Å². The van der Waals surface area contributed by atoms with Crippen LogP contribution in [0.25, 0.3) is 0 Å². The Balaban J connectivity index is 1.63. The predicted octanol–water partition coefficient (Wildman–Crippen LogP) is 3.76. The van der Waals surface area contributed by atoms with Gasteiger partial charge >= 0.3 is 0 Å². The molecule has 1 heterocycles. The van der Waals surface area contributed by atoms with Gasteiger partial charge in [-0.25, -0.2) is 9.97 Å². The number of nitrogens with one attached hydrogen (secondary N) is 1. The largest absolute Gasteiger partial charge is 0.370 e. The molecule has 3 rings (SSSR count). The molecule has 104 valence electrons. The number of nitrogens with zero attached hydrogens (tertiary/aromatic N) is 2. The van der Waals surface area contributed by atoms with E-state index in [1.54, 1.807) is 0 Å². The van der Waals surface area contributed by atoms with Gasteiger partial charge in [0, 0.05) is 24.2 Å². The molecule has 2 fully saturated rings. The van der Waals surface area contributed by atoms with E-state index in [0.29, 0.717) is 5.92 Å². The van der Waals surface area contributed by atoms with Crippen molar-refractivity contribution in [3.63, 3.8) is 0 Å². The van der Waals surface area contributed by atoms with Crippen molar-refractivity contribution in [1.29, 1.82) is 0 Å². The summed E-state index contributed by atoms with van der Waals surface area (Å²) in [6.07, 6.45) is 5.84. The summed E-state index contributed by atoms with van der Waals surface area (Å²) in [5.74, 6) is 5.23. The van der Waals surface area contributed by atoms with Crippen LogP contribution in [-0.2, 0) is 0 Å². The molecule has 2 aliphatic rings. The van der Waals surface area contributed by atoms with Gasteiger partial charge < -0.3 is 5.32 Å². The molecule has 2 bridgehead atoms. The molecular weight excluding hydrogens is 234 g/mol. The van der Waals surface area contributed by atoms with E-state index < -0.39 is 0 Å². The first kappa shape index (κ1) is 12.9. The maximum atomic E-state index is 4.63. The van der Waals surface area contributed by atoms with Crippen LogP contribution in [0.5, 0.6) is 0 Å². The summed E-state index contributed by atoms with van der Waals surface area (Å²) in [4.78, 5) is 9.13. The Morgan fingerprint density at radius 1 is 1.26 bits per heavy atom. The molecule has 0 aromatic carbocycles. The van der Waals surface area contributed by atoms with E-state index >= 15 is 0 Å². The van der Waals surface area contributed by atoms with Crippen LogP contribution in [0.3, 0.4) is 0 Å². The molecule has 0 saturated heterocycles. The number of hydrogen-bond acceptors (Lipinski definition) is 3. The lowest BCUT2D eigenvalue weighted by Gasteiger charge is -2.22. The Hall–Kier alpha value is -1.12. The zero-order valence-corrected chi connectivity index (χ0v) is 12.3. The lowest BCUT2D eigenvalue weighted by Crippen LogP contribution is -2.21. The van der Waals surface area contributed by atoms with Gasteiger partial charge in [-0.05, 0) is 43.9 Å². The SMILES string of the molecule is Cc1cc(NCC2CC3CCC2C3)nc(C(C)C)n1. The fraction of sp³-hybridized carbons (Fsp3) is 0.750. The average Bonchev–Trinajstić information content (AvgIpc) is 2.97. The quantitative estimate of drug-likeness (QED) is 0.894. The maximum Gasteiger partial charge on any atom is 0.133 e. The van der Waals surface area contributed by atoms with Crippen molar-refractivity contribution >= 4 is 5.82 Å². The lowest BCUT2D eigenvalue weighted by atomic mass is 9.89. The summed E-state index contributed by atoms with van der Waals surface area (Å²) in [7, 11) is 0. The van der Waals surface area contributed by atoms with Gasteiger partial charge in [-0.1, -0.05) is 20.3 Å². The first-order valence-electron chi connectivity index (χ1n) is 7.71. The van der Waals surface area contributed by atoms with E-state index in [4.69, 9.17) is 0 Å². The topological polar surface area (TPSA) is 37.8 Å². The zero-order valence-electron chi connectivity index (χ0n) is 12.3. The normalized spacial score (nSPS) is 29.2. The van der Waals surface area contributed by atoms with Crippen LogP contribution in [0.1, 0.15) is 57.0 Å². The molecule has 1 aromatic rings. The number of fused-ring (bicyclic) bond motifs is 2. The number of aryl methyl sites for hydroxylation is 1. The number of aromatic nitrogens is 2. The number of rotatable bonds is 4. The Kier molecular flexibility index (Phi) is 3.46. The highest BCUT2D eigenvalue weighted by Crippen LogP contribution is 2.48. The highest BCUT2D eigenvalue weighted by Gasteiger charge is 2.39. The van der Waals surface area contributed by atoms with E-state index in [1.807, 2.05) is 0 Å². The third kappa shape index (κ3) is 2.75. The van der Waals surface area contributed by atoms with E-state index in [0.717, 1.165) is 41.6 Å². The van der Waals surface area contributed by atoms with Gasteiger partial charge in [-0.2, -0.15) is 0 Å². The molecule has 0 aliphatic heterocycles. The van der Waals surface area contributed by atoms with E-state index in [2.05, 4.69) is 42.1 Å². The molecule has 2 aliphatic carbocycles. The fourth-order valence-electron chi connectivity index (χ4n) is 3.80. The van der Waals surface area contributed by atoms with Crippen molar-refractivity contribution in [3.05, 3.63) is 17.6 Å². The zero-order chi connectivity index (χ0) is 13.4. The maximum absolute atomic E-state index is 4.63. The molecular formula is C16H25N3. The molecule has 3 nitrogen and oxygen atoms in total. The first-order chi connectivity index (χ1) is 9.11. The van der Waals surface area contributed by atoms with Crippen LogP contribution in [0.15, 0.2) is 6.07 Å². The molecule has 1 aromatic heterocycles. The molecule has 1 N–H and O–H groups in total. The molecule has 0 spiro atoms. The second-order valence-corrected chi connectivity index (χ2v) is 6.72. The van der Waals surface area contributed by atoms with Gasteiger partial charge in [-0.15, -0.1) is 0 Å². The van der Waals surface area contributed by atoms with Crippen molar-refractivity contribution in [2.24, 2.45) is 17.8 Å². The van der Waals surface area contributed by atoms with Gasteiger partial charge in [-0.3, -0.25) is 0 Å². The predicted molar refractivity (Wildman–Crippen MR) is 78.3 cm³/mol. The highest BCUT2D eigenvalue weighted by atomic mass is 15.0. The molecule has 19 heavy (non-hydrogen) atoms. The van der Waals surface area contributed by atoms with Crippen LogP contribution in [0.2, 0.25) is 0 Å². The Labute approximate surface area is 116 Å². The van der Waals surface area contributed by atoms with E-state index in [9.17, 15) is 0 Å². The van der Waals surface area contributed by atoms with E-state index in [1.165, 1.54) is 25.7 Å². The molecule has 3 heteroatoms. The minimum absolute atomic E-state index is 0.392. The molecule has 0 amide bonds. The van der Waals surface area contributed by atoms with Crippen molar-refractivity contribution in [2.45, 2.75) is 52.4 Å². The number of anilines is 1. The van der Waals surface area contributed by atoms with Crippen LogP contribution >= 0.6 is 0 Å². The van der Waals surface area contributed by atoms with Crippen LogP contribution in [0.4, 0.5) is 5.82 Å². The van der Waals surface area contributed by atoms with Gasteiger partial charge in [0.05, 0.1) is 0 Å². The van der Waals surface area contributed by atoms with Crippen molar-refractivity contribution in [3.8, 4) is 0 Å². The Bertz CT molecular complexity index is 455. The van der Waals surface area contributed by atoms with E-state index in [-0.39, 0.29) is 0 Å². The second kappa shape index (κ2) is 5.10. The Morgan fingerprint density at radius 2 is 2.11 bits per heavy atom. The average molecular weight is 259 g/mol. The molecule has 3 atom stereocenters. The van der Waals surface area contributed by atoms with Crippen molar-refractivity contribution < 1.29 is 0 Å². The number of hydrogen-bond donors (Lipinski definition) is 1. The lowest BCUT2D eigenvalue weighted by molar-refractivity contribution is 0.348. The molecule has 2 saturated carbocycles. The fourth-order valence-corrected chi connectivity index (χ4v) is 3.80. The summed E-state index contributed by atoms with van der Waals surface area (Å²) in [5.41, 5.74) is 1.06. The summed E-state index contributed by atoms with van der Waals surface area (Å²) < 4.78 is 0.